The topological polar surface area (TPSA) is 90.9 Å². The van der Waals surface area contributed by atoms with Gasteiger partial charge in [0.1, 0.15) is 0 Å². The van der Waals surface area contributed by atoms with E-state index >= 15 is 0 Å². The molecule has 0 spiro atoms. The van der Waals surface area contributed by atoms with Crippen LogP contribution in [-0.2, 0) is 38.0 Å². The zero-order valence-corrected chi connectivity index (χ0v) is 24.9. The number of carbonyl (C=O) groups excluding carboxylic acids is 1. The summed E-state index contributed by atoms with van der Waals surface area (Å²) in [6, 6.07) is 0. The highest BCUT2D eigenvalue weighted by molar-refractivity contribution is 5.72. The molecule has 0 saturated heterocycles. The van der Waals surface area contributed by atoms with E-state index < -0.39 is 47.2 Å². The molecule has 0 unspecified atom stereocenters. The van der Waals surface area contributed by atoms with Gasteiger partial charge in [-0.2, -0.15) is 8.78 Å². The van der Waals surface area contributed by atoms with Gasteiger partial charge >= 0.3 is 5.97 Å². The number of rotatable bonds is 29. The van der Waals surface area contributed by atoms with E-state index in [4.69, 9.17) is 33.2 Å². The Balaban J connectivity index is 1.80. The van der Waals surface area contributed by atoms with Gasteiger partial charge in [0, 0.05) is 6.61 Å². The molecule has 9 nitrogen and oxygen atoms in total. The zero-order chi connectivity index (χ0) is 31.5. The highest BCUT2D eigenvalue weighted by Gasteiger charge is 2.28. The van der Waals surface area contributed by atoms with Crippen molar-refractivity contribution >= 4 is 5.97 Å². The van der Waals surface area contributed by atoms with E-state index in [0.29, 0.717) is 66.1 Å². The lowest BCUT2D eigenvalue weighted by Crippen LogP contribution is -2.16. The fourth-order valence-corrected chi connectivity index (χ4v) is 3.40. The number of esters is 1. The van der Waals surface area contributed by atoms with Crippen LogP contribution in [0.25, 0.3) is 0 Å². The lowest BCUT2D eigenvalue weighted by atomic mass is 10.1. The number of carbonyl (C=O) groups is 1. The quantitative estimate of drug-likeness (QED) is 0.0297. The summed E-state index contributed by atoms with van der Waals surface area (Å²) in [4.78, 5) is 11.6. The highest BCUT2D eigenvalue weighted by atomic mass is 19.2. The van der Waals surface area contributed by atoms with Gasteiger partial charge in [0.25, 0.3) is 0 Å². The van der Waals surface area contributed by atoms with Crippen molar-refractivity contribution in [1.29, 1.82) is 0 Å². The Kier molecular flexibility index (Phi) is 24.1. The Morgan fingerprint density at radius 1 is 0.442 bits per heavy atom. The second-order valence-electron chi connectivity index (χ2n) is 9.18. The van der Waals surface area contributed by atoms with E-state index in [-0.39, 0.29) is 19.8 Å². The molecule has 0 N–H and O–H groups in total. The van der Waals surface area contributed by atoms with Crippen molar-refractivity contribution in [3.8, 4) is 5.75 Å². The van der Waals surface area contributed by atoms with Crippen molar-refractivity contribution in [2.75, 3.05) is 92.5 Å². The van der Waals surface area contributed by atoms with Gasteiger partial charge < -0.3 is 37.9 Å². The molecule has 0 aliphatic heterocycles. The van der Waals surface area contributed by atoms with Gasteiger partial charge in [-0.15, -0.1) is 0 Å². The van der Waals surface area contributed by atoms with E-state index in [1.54, 1.807) is 0 Å². The molecule has 0 aliphatic carbocycles. The first-order chi connectivity index (χ1) is 20.9. The summed E-state index contributed by atoms with van der Waals surface area (Å²) in [7, 11) is 0. The smallest absolute Gasteiger partial charge is 0.313 e. The van der Waals surface area contributed by atoms with Gasteiger partial charge in [-0.05, 0) is 6.42 Å². The Morgan fingerprint density at radius 3 is 1.19 bits per heavy atom. The van der Waals surface area contributed by atoms with Crippen molar-refractivity contribution in [3.05, 3.63) is 29.1 Å². The molecule has 1 aromatic rings. The van der Waals surface area contributed by atoms with E-state index in [1.165, 1.54) is 32.1 Å². The van der Waals surface area contributed by atoms with Crippen LogP contribution in [0.3, 0.4) is 0 Å². The fourth-order valence-electron chi connectivity index (χ4n) is 3.40. The van der Waals surface area contributed by atoms with Gasteiger partial charge in [-0.25, -0.2) is 13.2 Å². The van der Waals surface area contributed by atoms with E-state index in [2.05, 4.69) is 11.7 Å². The molecule has 0 aromatic heterocycles. The fraction of sp³-hybridized carbons (Fsp3) is 0.759. The summed E-state index contributed by atoms with van der Waals surface area (Å²) in [5.41, 5.74) is 0. The van der Waals surface area contributed by atoms with Gasteiger partial charge in [-0.1, -0.05) is 39.0 Å². The maximum absolute atomic E-state index is 13.5. The summed E-state index contributed by atoms with van der Waals surface area (Å²) in [5.74, 6) is -14.1. The van der Waals surface area contributed by atoms with Gasteiger partial charge in [-0.3, -0.25) is 4.79 Å². The molecule has 0 amide bonds. The molecule has 0 radical (unpaired) electrons. The summed E-state index contributed by atoms with van der Waals surface area (Å²) in [6.07, 6.45) is 7.01. The second-order valence-corrected chi connectivity index (χ2v) is 9.18. The number of ether oxygens (including phenoxy) is 8. The number of hydrogen-bond acceptors (Lipinski definition) is 9. The zero-order valence-electron chi connectivity index (χ0n) is 24.9. The third-order valence-corrected chi connectivity index (χ3v) is 5.71. The molecular formula is C29H45F5O9. The largest absolute Gasteiger partial charge is 0.420 e. The standard InChI is InChI=1S/C29H45F5O9/c1-2-3-4-5-6-7-9-36-11-13-38-15-17-40-19-21-42-22-20-41-18-16-39-14-12-37-10-8-23(35)43-29-27(33)25(31)24(30)26(32)28(29)34/h2-22H2,1H3. The van der Waals surface area contributed by atoms with Crippen molar-refractivity contribution in [2.45, 2.75) is 51.9 Å². The first-order valence-corrected chi connectivity index (χ1v) is 14.7. The average molecular weight is 633 g/mol. The predicted molar refractivity (Wildman–Crippen MR) is 146 cm³/mol. The van der Waals surface area contributed by atoms with E-state index in [0.717, 1.165) is 13.0 Å². The lowest BCUT2D eigenvalue weighted by Gasteiger charge is -2.09. The first-order valence-electron chi connectivity index (χ1n) is 14.7. The van der Waals surface area contributed by atoms with Gasteiger partial charge in [0.2, 0.25) is 34.8 Å². The molecule has 1 aromatic carbocycles. The monoisotopic (exact) mass is 632 g/mol. The van der Waals surface area contributed by atoms with Crippen molar-refractivity contribution in [1.82, 2.24) is 0 Å². The maximum atomic E-state index is 13.5. The summed E-state index contributed by atoms with van der Waals surface area (Å²) < 4.78 is 108. The molecule has 0 bridgehead atoms. The van der Waals surface area contributed by atoms with Gasteiger partial charge in [0.15, 0.2) is 0 Å². The van der Waals surface area contributed by atoms with Crippen LogP contribution in [-0.4, -0.2) is 98.5 Å². The summed E-state index contributed by atoms with van der Waals surface area (Å²) in [6.45, 7) is 7.50. The second kappa shape index (κ2) is 26.5. The molecule has 0 atom stereocenters. The van der Waals surface area contributed by atoms with E-state index in [9.17, 15) is 26.7 Å². The number of unbranched alkanes of at least 4 members (excludes halogenated alkanes) is 5. The Labute approximate surface area is 250 Å². The Morgan fingerprint density at radius 2 is 0.767 bits per heavy atom. The minimum atomic E-state index is -2.34. The van der Waals surface area contributed by atoms with Crippen molar-refractivity contribution in [2.24, 2.45) is 0 Å². The van der Waals surface area contributed by atoms with Crippen molar-refractivity contribution < 1.29 is 64.6 Å². The van der Waals surface area contributed by atoms with Crippen LogP contribution in [0.1, 0.15) is 51.9 Å². The number of halogens is 5. The molecule has 0 saturated carbocycles. The third-order valence-electron chi connectivity index (χ3n) is 5.71. The van der Waals surface area contributed by atoms with Crippen LogP contribution >= 0.6 is 0 Å². The van der Waals surface area contributed by atoms with Crippen LogP contribution in [0, 0.1) is 29.1 Å². The summed E-state index contributed by atoms with van der Waals surface area (Å²) >= 11 is 0. The molecule has 43 heavy (non-hydrogen) atoms. The average Bonchev–Trinajstić information content (AvgIpc) is 3.00. The van der Waals surface area contributed by atoms with Gasteiger partial charge in [0.05, 0.1) is 92.3 Å². The molecule has 1 rings (SSSR count). The Bertz CT molecular complexity index is 835. The van der Waals surface area contributed by atoms with Crippen LogP contribution in [0.4, 0.5) is 22.0 Å². The molecule has 0 aliphatic rings. The summed E-state index contributed by atoms with van der Waals surface area (Å²) in [5, 5.41) is 0. The molecule has 0 heterocycles. The normalized spacial score (nSPS) is 11.4. The van der Waals surface area contributed by atoms with Crippen LogP contribution in [0.5, 0.6) is 5.75 Å². The molecular weight excluding hydrogens is 587 g/mol. The molecule has 250 valence electrons. The lowest BCUT2D eigenvalue weighted by molar-refractivity contribution is -0.136. The third kappa shape index (κ3) is 19.1. The minimum absolute atomic E-state index is 0.0942. The highest BCUT2D eigenvalue weighted by Crippen LogP contribution is 2.29. The number of benzene rings is 1. The van der Waals surface area contributed by atoms with Crippen LogP contribution in [0.15, 0.2) is 0 Å². The van der Waals surface area contributed by atoms with Crippen molar-refractivity contribution in [3.63, 3.8) is 0 Å². The van der Waals surface area contributed by atoms with E-state index in [1.807, 2.05) is 0 Å². The SMILES string of the molecule is CCCCCCCCOCCOCCOCCOCCOCCOCCOCCC(=O)Oc1c(F)c(F)c(F)c(F)c1F. The predicted octanol–water partition coefficient (Wildman–Crippen LogP) is 5.15. The first kappa shape index (κ1) is 39.1. The molecule has 0 fully saturated rings. The Hall–Kier alpha value is -1.94. The minimum Gasteiger partial charge on any atom is -0.420 e. The molecule has 14 heteroatoms. The van der Waals surface area contributed by atoms with Crippen LogP contribution in [0.2, 0.25) is 0 Å². The number of hydrogen-bond donors (Lipinski definition) is 0. The maximum Gasteiger partial charge on any atom is 0.313 e. The van der Waals surface area contributed by atoms with Crippen LogP contribution < -0.4 is 4.74 Å².